The summed E-state index contributed by atoms with van der Waals surface area (Å²) in [5.41, 5.74) is 1.84. The van der Waals surface area contributed by atoms with Crippen molar-refractivity contribution in [2.24, 2.45) is 0 Å². The first-order valence-electron chi connectivity index (χ1n) is 6.55. The molecule has 0 aliphatic carbocycles. The molecule has 1 heterocycles. The van der Waals surface area contributed by atoms with Gasteiger partial charge in [-0.3, -0.25) is 0 Å². The van der Waals surface area contributed by atoms with Gasteiger partial charge in [0.05, 0.1) is 12.6 Å². The maximum Gasteiger partial charge on any atom is 0.185 e. The number of methoxy groups -OCH3 is 1. The third-order valence-electron chi connectivity index (χ3n) is 3.47. The molecule has 0 amide bonds. The lowest BCUT2D eigenvalue weighted by atomic mass is 9.96. The van der Waals surface area contributed by atoms with E-state index in [1.54, 1.807) is 0 Å². The lowest BCUT2D eigenvalue weighted by Gasteiger charge is -2.42. The minimum atomic E-state index is -1.04. The highest BCUT2D eigenvalue weighted by Crippen LogP contribution is 2.24. The zero-order valence-electron chi connectivity index (χ0n) is 11.6. The maximum atomic E-state index is 10.2. The number of rotatable bonds is 4. The zero-order chi connectivity index (χ0) is 14.7. The van der Waals surface area contributed by atoms with Crippen molar-refractivity contribution in [3.8, 4) is 0 Å². The van der Waals surface area contributed by atoms with Gasteiger partial charge in [0.15, 0.2) is 6.29 Å². The molecule has 1 fully saturated rings. The highest BCUT2D eigenvalue weighted by molar-refractivity contribution is 5.47. The summed E-state index contributed by atoms with van der Waals surface area (Å²) in [6.45, 7) is 1.61. The zero-order valence-corrected chi connectivity index (χ0v) is 11.6. The normalized spacial score (nSPS) is 34.0. The van der Waals surface area contributed by atoms with Crippen LogP contribution in [0.2, 0.25) is 0 Å². The molecule has 0 spiro atoms. The Morgan fingerprint density at radius 3 is 2.65 bits per heavy atom. The minimum Gasteiger partial charge on any atom is -0.394 e. The highest BCUT2D eigenvalue weighted by Gasteiger charge is 2.44. The van der Waals surface area contributed by atoms with Crippen LogP contribution in [0.25, 0.3) is 0 Å². The minimum absolute atomic E-state index is 0.347. The first-order chi connectivity index (χ1) is 9.56. The summed E-state index contributed by atoms with van der Waals surface area (Å²) in [5, 5.41) is 32.7. The summed E-state index contributed by atoms with van der Waals surface area (Å²) >= 11 is 0. The summed E-state index contributed by atoms with van der Waals surface area (Å²) in [6, 6.07) is 6.90. The molecule has 5 atom stereocenters. The Morgan fingerprint density at radius 2 is 2.05 bits per heavy atom. The Hall–Kier alpha value is -1.18. The number of nitrogens with one attached hydrogen (secondary N) is 1. The molecule has 1 aliphatic heterocycles. The summed E-state index contributed by atoms with van der Waals surface area (Å²) < 4.78 is 10.3. The number of ether oxygens (including phenoxy) is 2. The van der Waals surface area contributed by atoms with Gasteiger partial charge in [-0.15, -0.1) is 0 Å². The van der Waals surface area contributed by atoms with Crippen LogP contribution in [-0.2, 0) is 9.47 Å². The van der Waals surface area contributed by atoms with Crippen LogP contribution in [0.5, 0.6) is 0 Å². The summed E-state index contributed by atoms with van der Waals surface area (Å²) in [7, 11) is 1.41. The fraction of sp³-hybridized carbons (Fsp3) is 0.571. The van der Waals surface area contributed by atoms with Crippen LogP contribution in [0.1, 0.15) is 5.56 Å². The Morgan fingerprint density at radius 1 is 1.30 bits per heavy atom. The molecule has 20 heavy (non-hydrogen) atoms. The molecular weight excluding hydrogens is 262 g/mol. The number of benzene rings is 1. The molecule has 2 rings (SSSR count). The molecule has 0 aromatic heterocycles. The average Bonchev–Trinajstić information content (AvgIpc) is 2.44. The monoisotopic (exact) mass is 283 g/mol. The molecule has 0 saturated carbocycles. The lowest BCUT2D eigenvalue weighted by molar-refractivity contribution is -0.265. The van der Waals surface area contributed by atoms with Crippen molar-refractivity contribution in [1.29, 1.82) is 0 Å². The van der Waals surface area contributed by atoms with E-state index >= 15 is 0 Å². The Labute approximate surface area is 118 Å². The third-order valence-corrected chi connectivity index (χ3v) is 3.47. The van der Waals surface area contributed by atoms with Crippen LogP contribution >= 0.6 is 0 Å². The molecule has 1 saturated heterocycles. The van der Waals surface area contributed by atoms with E-state index in [-0.39, 0.29) is 6.61 Å². The molecule has 1 aromatic carbocycles. The first kappa shape index (κ1) is 15.2. The van der Waals surface area contributed by atoms with Crippen LogP contribution in [0.4, 0.5) is 5.69 Å². The van der Waals surface area contributed by atoms with E-state index in [0.29, 0.717) is 0 Å². The molecule has 0 radical (unpaired) electrons. The Bertz CT molecular complexity index is 425. The van der Waals surface area contributed by atoms with Crippen molar-refractivity contribution >= 4 is 5.69 Å². The third kappa shape index (κ3) is 3.11. The number of aryl methyl sites for hydroxylation is 1. The number of hydrogen-bond donors (Lipinski definition) is 4. The smallest absolute Gasteiger partial charge is 0.185 e. The van der Waals surface area contributed by atoms with Crippen molar-refractivity contribution in [3.63, 3.8) is 0 Å². The van der Waals surface area contributed by atoms with E-state index in [9.17, 15) is 15.3 Å². The lowest BCUT2D eigenvalue weighted by Crippen LogP contribution is -2.61. The van der Waals surface area contributed by atoms with E-state index < -0.39 is 30.6 Å². The van der Waals surface area contributed by atoms with E-state index in [4.69, 9.17) is 9.47 Å². The summed E-state index contributed by atoms with van der Waals surface area (Å²) in [5.74, 6) is 0. The number of hydrogen-bond acceptors (Lipinski definition) is 6. The summed E-state index contributed by atoms with van der Waals surface area (Å²) in [6.07, 6.45) is -3.77. The maximum absolute atomic E-state index is 10.2. The van der Waals surface area contributed by atoms with Crippen molar-refractivity contribution in [2.75, 3.05) is 19.0 Å². The fourth-order valence-corrected chi connectivity index (χ4v) is 2.38. The second-order valence-corrected chi connectivity index (χ2v) is 4.98. The highest BCUT2D eigenvalue weighted by atomic mass is 16.7. The second kappa shape index (κ2) is 6.51. The predicted molar refractivity (Wildman–Crippen MR) is 73.4 cm³/mol. The number of aliphatic hydroxyl groups is 3. The largest absolute Gasteiger partial charge is 0.394 e. The van der Waals surface area contributed by atoms with Gasteiger partial charge >= 0.3 is 0 Å². The predicted octanol–water partition coefficient (Wildman–Crippen LogP) is -0.139. The molecule has 1 aromatic rings. The standard InChI is InChI=1S/C14H21NO5/c1-8-4-3-5-9(6-8)15-11-12(17)10(7-16)20-14(19-2)13(11)18/h3-6,10-18H,7H2,1-2H3/t10-,11-,12+,13-,14-/m1/s1. The molecule has 0 unspecified atom stereocenters. The quantitative estimate of drug-likeness (QED) is 0.615. The van der Waals surface area contributed by atoms with Crippen LogP contribution in [-0.4, -0.2) is 59.7 Å². The molecule has 6 nitrogen and oxygen atoms in total. The van der Waals surface area contributed by atoms with Crippen molar-refractivity contribution in [3.05, 3.63) is 29.8 Å². The molecular formula is C14H21NO5. The summed E-state index contributed by atoms with van der Waals surface area (Å²) in [4.78, 5) is 0. The molecule has 112 valence electrons. The van der Waals surface area contributed by atoms with Gasteiger partial charge in [0.25, 0.3) is 0 Å². The SMILES string of the molecule is CO[C@@H]1O[C@H](CO)[C@H](O)[C@@H](Nc2cccc(C)c2)[C@H]1O. The van der Waals surface area contributed by atoms with Gasteiger partial charge in [0.1, 0.15) is 18.3 Å². The Balaban J connectivity index is 2.17. The first-order valence-corrected chi connectivity index (χ1v) is 6.55. The van der Waals surface area contributed by atoms with Gasteiger partial charge in [-0.25, -0.2) is 0 Å². The van der Waals surface area contributed by atoms with E-state index in [2.05, 4.69) is 5.32 Å². The van der Waals surface area contributed by atoms with Crippen LogP contribution in [0.15, 0.2) is 24.3 Å². The topological polar surface area (TPSA) is 91.2 Å². The van der Waals surface area contributed by atoms with Crippen LogP contribution in [0.3, 0.4) is 0 Å². The van der Waals surface area contributed by atoms with Gasteiger partial charge in [-0.1, -0.05) is 12.1 Å². The van der Waals surface area contributed by atoms with Crippen molar-refractivity contribution in [2.45, 2.75) is 37.6 Å². The van der Waals surface area contributed by atoms with Gasteiger partial charge in [0.2, 0.25) is 0 Å². The molecule has 6 heteroatoms. The van der Waals surface area contributed by atoms with Crippen LogP contribution in [0, 0.1) is 6.92 Å². The number of anilines is 1. The Kier molecular flexibility index (Phi) is 4.95. The second-order valence-electron chi connectivity index (χ2n) is 4.98. The van der Waals surface area contributed by atoms with E-state index in [1.807, 2.05) is 31.2 Å². The van der Waals surface area contributed by atoms with Gasteiger partial charge < -0.3 is 30.1 Å². The van der Waals surface area contributed by atoms with Crippen molar-refractivity contribution < 1.29 is 24.8 Å². The van der Waals surface area contributed by atoms with Crippen molar-refractivity contribution in [1.82, 2.24) is 0 Å². The number of aliphatic hydroxyl groups excluding tert-OH is 3. The molecule has 4 N–H and O–H groups in total. The molecule has 1 aliphatic rings. The molecule has 0 bridgehead atoms. The van der Waals surface area contributed by atoms with Gasteiger partial charge in [-0.2, -0.15) is 0 Å². The van der Waals surface area contributed by atoms with E-state index in [0.717, 1.165) is 11.3 Å². The fourth-order valence-electron chi connectivity index (χ4n) is 2.38. The van der Waals surface area contributed by atoms with Gasteiger partial charge in [0, 0.05) is 12.8 Å². The average molecular weight is 283 g/mol. The van der Waals surface area contributed by atoms with E-state index in [1.165, 1.54) is 7.11 Å². The van der Waals surface area contributed by atoms with Crippen LogP contribution < -0.4 is 5.32 Å². The van der Waals surface area contributed by atoms with Gasteiger partial charge in [-0.05, 0) is 24.6 Å².